The van der Waals surface area contributed by atoms with E-state index in [1.165, 1.54) is 0 Å². The predicted octanol–water partition coefficient (Wildman–Crippen LogP) is 2.29. The molecule has 0 radical (unpaired) electrons. The Kier molecular flexibility index (Phi) is 4.03. The Labute approximate surface area is 131 Å². The fourth-order valence-electron chi connectivity index (χ4n) is 3.78. The lowest BCUT2D eigenvalue weighted by molar-refractivity contribution is -0.207. The van der Waals surface area contributed by atoms with Gasteiger partial charge in [-0.2, -0.15) is 0 Å². The summed E-state index contributed by atoms with van der Waals surface area (Å²) in [5.74, 6) is 1.16. The number of aliphatic hydroxyl groups excluding tert-OH is 1. The van der Waals surface area contributed by atoms with Gasteiger partial charge in [0.05, 0.1) is 12.2 Å². The number of hydrogen-bond acceptors (Lipinski definition) is 4. The number of aryl methyl sites for hydroxylation is 2. The zero-order chi connectivity index (χ0) is 15.9. The number of amides is 1. The molecule has 1 saturated carbocycles. The molecule has 2 atom stereocenters. The third-order valence-electron chi connectivity index (χ3n) is 5.47. The van der Waals surface area contributed by atoms with E-state index >= 15 is 0 Å². The zero-order valence-corrected chi connectivity index (χ0v) is 13.6. The summed E-state index contributed by atoms with van der Waals surface area (Å²) in [6.45, 7) is 7.77. The molecule has 3 rings (SSSR count). The number of nitrogens with zero attached hydrogens (tertiary/aromatic N) is 1. The molecular formula is C17H25NO4. The summed E-state index contributed by atoms with van der Waals surface area (Å²) in [6.07, 6.45) is 2.15. The van der Waals surface area contributed by atoms with E-state index in [9.17, 15) is 9.90 Å². The summed E-state index contributed by atoms with van der Waals surface area (Å²) >= 11 is 0. The topological polar surface area (TPSA) is 62.9 Å². The Bertz CT molecular complexity index is 536. The molecule has 1 saturated heterocycles. The smallest absolute Gasteiger partial charge is 0.289 e. The first-order valence-corrected chi connectivity index (χ1v) is 8.14. The number of furan rings is 1. The van der Waals surface area contributed by atoms with Crippen molar-refractivity contribution < 1.29 is 19.1 Å². The van der Waals surface area contributed by atoms with Crippen molar-refractivity contribution in [3.63, 3.8) is 0 Å². The van der Waals surface area contributed by atoms with Gasteiger partial charge >= 0.3 is 0 Å². The van der Waals surface area contributed by atoms with Gasteiger partial charge in [-0.15, -0.1) is 0 Å². The highest BCUT2D eigenvalue weighted by molar-refractivity contribution is 5.91. The first kappa shape index (κ1) is 15.6. The minimum Gasteiger partial charge on any atom is -0.456 e. The van der Waals surface area contributed by atoms with Crippen LogP contribution in [0.15, 0.2) is 10.5 Å². The lowest BCUT2D eigenvalue weighted by Gasteiger charge is -2.56. The number of ether oxygens (including phenoxy) is 1. The van der Waals surface area contributed by atoms with E-state index in [1.807, 2.05) is 31.7 Å². The molecule has 1 amide bonds. The van der Waals surface area contributed by atoms with Crippen LogP contribution in [0.1, 0.15) is 48.1 Å². The van der Waals surface area contributed by atoms with Crippen LogP contribution in [0.2, 0.25) is 0 Å². The molecule has 1 N–H and O–H groups in total. The average Bonchev–Trinajstić information content (AvgIpc) is 2.86. The van der Waals surface area contributed by atoms with Gasteiger partial charge in [-0.3, -0.25) is 4.79 Å². The fourth-order valence-corrected chi connectivity index (χ4v) is 3.78. The summed E-state index contributed by atoms with van der Waals surface area (Å²) in [6, 6.07) is 1.81. The summed E-state index contributed by atoms with van der Waals surface area (Å²) in [5.41, 5.74) is 0.851. The van der Waals surface area contributed by atoms with Crippen LogP contribution in [-0.4, -0.2) is 47.8 Å². The monoisotopic (exact) mass is 307 g/mol. The van der Waals surface area contributed by atoms with Crippen molar-refractivity contribution in [3.05, 3.63) is 23.2 Å². The molecule has 2 heterocycles. The Morgan fingerprint density at radius 1 is 1.45 bits per heavy atom. The van der Waals surface area contributed by atoms with Gasteiger partial charge in [0.15, 0.2) is 5.76 Å². The lowest BCUT2D eigenvalue weighted by atomic mass is 9.58. The molecule has 5 heteroatoms. The quantitative estimate of drug-likeness (QED) is 0.930. The van der Waals surface area contributed by atoms with Crippen molar-refractivity contribution in [1.82, 2.24) is 4.90 Å². The van der Waals surface area contributed by atoms with Crippen molar-refractivity contribution >= 4 is 5.91 Å². The highest BCUT2D eigenvalue weighted by Crippen LogP contribution is 2.51. The molecular weight excluding hydrogens is 282 g/mol. The van der Waals surface area contributed by atoms with Crippen LogP contribution >= 0.6 is 0 Å². The van der Waals surface area contributed by atoms with E-state index in [1.54, 1.807) is 0 Å². The number of carbonyl (C=O) groups is 1. The van der Waals surface area contributed by atoms with E-state index in [0.717, 1.165) is 30.6 Å². The first-order valence-electron chi connectivity index (χ1n) is 8.14. The highest BCUT2D eigenvalue weighted by atomic mass is 16.5. The van der Waals surface area contributed by atoms with Gasteiger partial charge < -0.3 is 19.2 Å². The van der Waals surface area contributed by atoms with Crippen LogP contribution in [0.4, 0.5) is 0 Å². The molecule has 2 fully saturated rings. The maximum absolute atomic E-state index is 12.5. The van der Waals surface area contributed by atoms with E-state index in [0.29, 0.717) is 25.5 Å². The summed E-state index contributed by atoms with van der Waals surface area (Å²) in [4.78, 5) is 14.3. The largest absolute Gasteiger partial charge is 0.456 e. The van der Waals surface area contributed by atoms with Gasteiger partial charge in [0.25, 0.3) is 5.91 Å². The Morgan fingerprint density at radius 3 is 2.64 bits per heavy atom. The van der Waals surface area contributed by atoms with Crippen molar-refractivity contribution in [2.24, 2.45) is 5.41 Å². The second kappa shape index (κ2) is 5.70. The Hall–Kier alpha value is -1.33. The second-order valence-corrected chi connectivity index (χ2v) is 6.57. The molecule has 0 unspecified atom stereocenters. The number of piperidine rings is 1. The molecule has 1 spiro atoms. The maximum atomic E-state index is 12.5. The van der Waals surface area contributed by atoms with Crippen LogP contribution in [0, 0.1) is 19.3 Å². The normalized spacial score (nSPS) is 27.0. The van der Waals surface area contributed by atoms with Gasteiger partial charge in [-0.05, 0) is 45.2 Å². The third kappa shape index (κ3) is 2.36. The number of likely N-dealkylation sites (tertiary alicyclic amines) is 1. The van der Waals surface area contributed by atoms with E-state index < -0.39 is 0 Å². The standard InChI is InChI=1S/C17H25NO4/c1-4-21-15-10-14(19)17(15)5-7-18(8-6-17)16(20)13-9-11(2)12(3)22-13/h9,14-15,19H,4-8,10H2,1-3H3/t14-,15+/m0/s1. The fraction of sp³-hybridized carbons (Fsp3) is 0.706. The summed E-state index contributed by atoms with van der Waals surface area (Å²) in [7, 11) is 0. The highest BCUT2D eigenvalue weighted by Gasteiger charge is 2.56. The average molecular weight is 307 g/mol. The van der Waals surface area contributed by atoms with Crippen molar-refractivity contribution in [2.75, 3.05) is 19.7 Å². The molecule has 5 nitrogen and oxygen atoms in total. The Balaban J connectivity index is 1.65. The molecule has 0 aromatic carbocycles. The Morgan fingerprint density at radius 2 is 2.14 bits per heavy atom. The molecule has 2 aliphatic rings. The molecule has 122 valence electrons. The first-order chi connectivity index (χ1) is 10.5. The number of carbonyl (C=O) groups excluding carboxylic acids is 1. The van der Waals surface area contributed by atoms with Crippen LogP contribution in [0.25, 0.3) is 0 Å². The molecule has 22 heavy (non-hydrogen) atoms. The predicted molar refractivity (Wildman–Crippen MR) is 81.8 cm³/mol. The van der Waals surface area contributed by atoms with Gasteiger partial charge in [-0.1, -0.05) is 0 Å². The molecule has 0 bridgehead atoms. The van der Waals surface area contributed by atoms with Gasteiger partial charge in [-0.25, -0.2) is 0 Å². The summed E-state index contributed by atoms with van der Waals surface area (Å²) in [5, 5.41) is 10.2. The van der Waals surface area contributed by atoms with E-state index in [-0.39, 0.29) is 23.5 Å². The maximum Gasteiger partial charge on any atom is 0.289 e. The number of rotatable bonds is 3. The van der Waals surface area contributed by atoms with E-state index in [2.05, 4.69) is 0 Å². The number of aliphatic hydroxyl groups is 1. The van der Waals surface area contributed by atoms with Crippen molar-refractivity contribution in [3.8, 4) is 0 Å². The third-order valence-corrected chi connectivity index (χ3v) is 5.47. The molecule has 1 aliphatic heterocycles. The van der Waals surface area contributed by atoms with E-state index in [4.69, 9.17) is 9.15 Å². The van der Waals surface area contributed by atoms with Crippen molar-refractivity contribution in [2.45, 2.75) is 52.2 Å². The summed E-state index contributed by atoms with van der Waals surface area (Å²) < 4.78 is 11.3. The molecule has 1 aromatic heterocycles. The molecule has 1 aromatic rings. The van der Waals surface area contributed by atoms with Crippen LogP contribution in [0.5, 0.6) is 0 Å². The van der Waals surface area contributed by atoms with Gasteiger partial charge in [0, 0.05) is 31.5 Å². The minimum absolute atomic E-state index is 0.0483. The number of hydrogen-bond donors (Lipinski definition) is 1. The SMILES string of the molecule is CCO[C@@H]1C[C@H](O)C12CCN(C(=O)c1cc(C)c(C)o1)CC2. The second-order valence-electron chi connectivity index (χ2n) is 6.57. The lowest BCUT2D eigenvalue weighted by Crippen LogP contribution is -2.62. The van der Waals surface area contributed by atoms with Gasteiger partial charge in [0.2, 0.25) is 0 Å². The van der Waals surface area contributed by atoms with Gasteiger partial charge in [0.1, 0.15) is 5.76 Å². The van der Waals surface area contributed by atoms with Crippen LogP contribution in [-0.2, 0) is 4.74 Å². The zero-order valence-electron chi connectivity index (χ0n) is 13.6. The molecule has 1 aliphatic carbocycles. The van der Waals surface area contributed by atoms with Crippen LogP contribution in [0.3, 0.4) is 0 Å². The van der Waals surface area contributed by atoms with Crippen LogP contribution < -0.4 is 0 Å². The van der Waals surface area contributed by atoms with Crippen molar-refractivity contribution in [1.29, 1.82) is 0 Å². The minimum atomic E-state index is -0.297.